The Bertz CT molecular complexity index is 531. The minimum Gasteiger partial charge on any atom is -0.391 e. The van der Waals surface area contributed by atoms with Gasteiger partial charge < -0.3 is 9.74 Å². The van der Waals surface area contributed by atoms with Crippen molar-refractivity contribution in [3.63, 3.8) is 0 Å². The van der Waals surface area contributed by atoms with E-state index in [4.69, 9.17) is 4.84 Å². The highest BCUT2D eigenvalue weighted by Gasteiger charge is 2.24. The molecular formula is C17H26N4O. The molecule has 3 rings (SSSR count). The van der Waals surface area contributed by atoms with Gasteiger partial charge >= 0.3 is 0 Å². The monoisotopic (exact) mass is 302 g/mol. The van der Waals surface area contributed by atoms with Crippen molar-refractivity contribution in [3.05, 3.63) is 24.0 Å². The van der Waals surface area contributed by atoms with Gasteiger partial charge in [0.15, 0.2) is 0 Å². The van der Waals surface area contributed by atoms with Crippen molar-refractivity contribution in [3.8, 4) is 0 Å². The topological polar surface area (TPSA) is 41.0 Å². The fourth-order valence-electron chi connectivity index (χ4n) is 3.22. The van der Waals surface area contributed by atoms with Gasteiger partial charge in [-0.2, -0.15) is 0 Å². The lowest BCUT2D eigenvalue weighted by molar-refractivity contribution is 0.0544. The number of anilines is 1. The highest BCUT2D eigenvalue weighted by atomic mass is 16.6. The molecular weight excluding hydrogens is 276 g/mol. The number of hydrogen-bond acceptors (Lipinski definition) is 5. The van der Waals surface area contributed by atoms with Crippen LogP contribution in [0.25, 0.3) is 0 Å². The van der Waals surface area contributed by atoms with Gasteiger partial charge in [-0.05, 0) is 31.9 Å². The smallest absolute Gasteiger partial charge is 0.145 e. The largest absolute Gasteiger partial charge is 0.391 e. The molecule has 0 aromatic carbocycles. The third kappa shape index (κ3) is 3.77. The quantitative estimate of drug-likeness (QED) is 0.857. The maximum atomic E-state index is 5.55. The number of aromatic nitrogens is 1. The predicted molar refractivity (Wildman–Crippen MR) is 89.5 cm³/mol. The zero-order valence-corrected chi connectivity index (χ0v) is 13.7. The van der Waals surface area contributed by atoms with Crippen LogP contribution in [0.5, 0.6) is 0 Å². The second-order valence-electron chi connectivity index (χ2n) is 6.24. The molecule has 0 bridgehead atoms. The molecule has 1 aromatic rings. The molecule has 0 spiro atoms. The van der Waals surface area contributed by atoms with Gasteiger partial charge in [0.25, 0.3) is 0 Å². The summed E-state index contributed by atoms with van der Waals surface area (Å²) >= 11 is 0. The van der Waals surface area contributed by atoms with E-state index in [9.17, 15) is 0 Å². The molecule has 120 valence electrons. The van der Waals surface area contributed by atoms with Crippen LogP contribution in [0.1, 0.15) is 31.9 Å². The van der Waals surface area contributed by atoms with Crippen LogP contribution in [0, 0.1) is 6.92 Å². The molecule has 5 heteroatoms. The maximum absolute atomic E-state index is 5.55. The summed E-state index contributed by atoms with van der Waals surface area (Å²) in [5.41, 5.74) is 3.58. The van der Waals surface area contributed by atoms with Crippen molar-refractivity contribution in [1.29, 1.82) is 0 Å². The highest BCUT2D eigenvalue weighted by molar-refractivity contribution is 5.85. The Morgan fingerprint density at radius 3 is 2.95 bits per heavy atom. The second-order valence-corrected chi connectivity index (χ2v) is 6.24. The van der Waals surface area contributed by atoms with Gasteiger partial charge in [-0.15, -0.1) is 0 Å². The summed E-state index contributed by atoms with van der Waals surface area (Å²) in [7, 11) is 0. The summed E-state index contributed by atoms with van der Waals surface area (Å²) in [6.07, 6.45) is 5.36. The molecule has 1 saturated heterocycles. The van der Waals surface area contributed by atoms with E-state index in [1.807, 2.05) is 6.20 Å². The SMILES string of the molecule is CCC1=NO[C@@H](CN2CCCN(c3ccnc(C)c3)CC2)C1. The minimum absolute atomic E-state index is 0.254. The first-order valence-corrected chi connectivity index (χ1v) is 8.36. The second kappa shape index (κ2) is 7.09. The van der Waals surface area contributed by atoms with E-state index < -0.39 is 0 Å². The molecule has 3 heterocycles. The molecule has 0 aliphatic carbocycles. The molecule has 22 heavy (non-hydrogen) atoms. The molecule has 0 N–H and O–H groups in total. The standard InChI is InChI=1S/C17H26N4O/c1-3-15-12-17(22-19-15)13-20-7-4-8-21(10-9-20)16-5-6-18-14(2)11-16/h5-6,11,17H,3-4,7-10,12-13H2,1-2H3/t17-/m1/s1. The average Bonchev–Trinajstić information content (AvgIpc) is 2.84. The number of nitrogens with zero attached hydrogens (tertiary/aromatic N) is 4. The van der Waals surface area contributed by atoms with E-state index in [2.05, 4.69) is 45.9 Å². The van der Waals surface area contributed by atoms with Crippen LogP contribution in [-0.4, -0.2) is 54.4 Å². The first kappa shape index (κ1) is 15.3. The lowest BCUT2D eigenvalue weighted by Crippen LogP contribution is -2.36. The molecule has 0 saturated carbocycles. The third-order valence-electron chi connectivity index (χ3n) is 4.50. The van der Waals surface area contributed by atoms with Gasteiger partial charge in [0.2, 0.25) is 0 Å². The zero-order chi connectivity index (χ0) is 15.4. The van der Waals surface area contributed by atoms with Crippen molar-refractivity contribution in [2.24, 2.45) is 5.16 Å². The van der Waals surface area contributed by atoms with E-state index >= 15 is 0 Å². The molecule has 1 aromatic heterocycles. The van der Waals surface area contributed by atoms with Crippen molar-refractivity contribution < 1.29 is 4.84 Å². The Labute approximate surface area is 133 Å². The molecule has 2 aliphatic rings. The molecule has 2 aliphatic heterocycles. The summed E-state index contributed by atoms with van der Waals surface area (Å²) in [6.45, 7) is 9.60. The van der Waals surface area contributed by atoms with E-state index in [0.29, 0.717) is 0 Å². The maximum Gasteiger partial charge on any atom is 0.145 e. The summed E-state index contributed by atoms with van der Waals surface area (Å²) in [5.74, 6) is 0. The number of pyridine rings is 1. The molecule has 0 radical (unpaired) electrons. The van der Waals surface area contributed by atoms with Crippen LogP contribution in [-0.2, 0) is 4.84 Å². The number of aryl methyl sites for hydroxylation is 1. The normalized spacial score (nSPS) is 23.1. The highest BCUT2D eigenvalue weighted by Crippen LogP contribution is 2.18. The van der Waals surface area contributed by atoms with Gasteiger partial charge in [-0.25, -0.2) is 0 Å². The first-order chi connectivity index (χ1) is 10.7. The van der Waals surface area contributed by atoms with Gasteiger partial charge in [0.1, 0.15) is 6.10 Å². The molecule has 1 atom stereocenters. The van der Waals surface area contributed by atoms with Gasteiger partial charge in [0.05, 0.1) is 5.71 Å². The van der Waals surface area contributed by atoms with Crippen molar-refractivity contribution in [2.45, 2.75) is 39.2 Å². The fourth-order valence-corrected chi connectivity index (χ4v) is 3.22. The minimum atomic E-state index is 0.254. The first-order valence-electron chi connectivity index (χ1n) is 8.36. The molecule has 1 fully saturated rings. The number of oxime groups is 1. The number of hydrogen-bond donors (Lipinski definition) is 0. The zero-order valence-electron chi connectivity index (χ0n) is 13.7. The van der Waals surface area contributed by atoms with E-state index in [1.165, 1.54) is 17.8 Å². The lowest BCUT2D eigenvalue weighted by atomic mass is 10.1. The Kier molecular flexibility index (Phi) is 4.93. The van der Waals surface area contributed by atoms with Crippen molar-refractivity contribution in [1.82, 2.24) is 9.88 Å². The molecule has 0 amide bonds. The Balaban J connectivity index is 1.52. The van der Waals surface area contributed by atoms with Crippen molar-refractivity contribution >= 4 is 11.4 Å². The van der Waals surface area contributed by atoms with Gasteiger partial charge in [-0.3, -0.25) is 9.88 Å². The van der Waals surface area contributed by atoms with Gasteiger partial charge in [0, 0.05) is 56.7 Å². The van der Waals surface area contributed by atoms with E-state index in [0.717, 1.165) is 51.3 Å². The summed E-state index contributed by atoms with van der Waals surface area (Å²) < 4.78 is 0. The average molecular weight is 302 g/mol. The van der Waals surface area contributed by atoms with E-state index in [-0.39, 0.29) is 6.10 Å². The Morgan fingerprint density at radius 1 is 1.27 bits per heavy atom. The van der Waals surface area contributed by atoms with Crippen LogP contribution in [0.4, 0.5) is 5.69 Å². The van der Waals surface area contributed by atoms with Crippen LogP contribution < -0.4 is 4.90 Å². The lowest BCUT2D eigenvalue weighted by Gasteiger charge is -2.24. The third-order valence-corrected chi connectivity index (χ3v) is 4.50. The van der Waals surface area contributed by atoms with Crippen molar-refractivity contribution in [2.75, 3.05) is 37.6 Å². The Morgan fingerprint density at radius 2 is 2.18 bits per heavy atom. The molecule has 5 nitrogen and oxygen atoms in total. The summed E-state index contributed by atoms with van der Waals surface area (Å²) in [6, 6.07) is 4.29. The fraction of sp³-hybridized carbons (Fsp3) is 0.647. The van der Waals surface area contributed by atoms with Crippen LogP contribution in [0.3, 0.4) is 0 Å². The van der Waals surface area contributed by atoms with Gasteiger partial charge in [-0.1, -0.05) is 12.1 Å². The van der Waals surface area contributed by atoms with E-state index in [1.54, 1.807) is 0 Å². The van der Waals surface area contributed by atoms with Crippen LogP contribution >= 0.6 is 0 Å². The Hall–Kier alpha value is -1.62. The number of rotatable bonds is 4. The predicted octanol–water partition coefficient (Wildman–Crippen LogP) is 2.46. The summed E-state index contributed by atoms with van der Waals surface area (Å²) in [5, 5.41) is 4.17. The summed E-state index contributed by atoms with van der Waals surface area (Å²) in [4.78, 5) is 14.8. The van der Waals surface area contributed by atoms with Crippen LogP contribution in [0.2, 0.25) is 0 Å². The van der Waals surface area contributed by atoms with Crippen LogP contribution in [0.15, 0.2) is 23.5 Å². The molecule has 0 unspecified atom stereocenters.